The van der Waals surface area contributed by atoms with Gasteiger partial charge in [0.1, 0.15) is 23.5 Å². The number of amides is 2. The molecule has 2 atom stereocenters. The van der Waals surface area contributed by atoms with Crippen LogP contribution in [0.15, 0.2) is 18.2 Å². The van der Waals surface area contributed by atoms with Gasteiger partial charge in [0.2, 0.25) is 5.91 Å². The Balaban J connectivity index is 2.52. The zero-order chi connectivity index (χ0) is 37.9. The number of nitrogens with one attached hydrogen (secondary N) is 2. The summed E-state index contributed by atoms with van der Waals surface area (Å²) in [6.45, 7) is -4.20. The van der Waals surface area contributed by atoms with E-state index in [2.05, 4.69) is 15.6 Å². The van der Waals surface area contributed by atoms with Gasteiger partial charge in [0, 0.05) is 32.1 Å². The number of fused-ring (bicyclic) bond motifs is 1. The summed E-state index contributed by atoms with van der Waals surface area (Å²) in [6.07, 6.45) is -0.597. The Kier molecular flexibility index (Phi) is 8.82. The van der Waals surface area contributed by atoms with Crippen LogP contribution in [0, 0.1) is 5.92 Å². The summed E-state index contributed by atoms with van der Waals surface area (Å²) in [5.74, 6) is -0.946. The predicted molar refractivity (Wildman–Crippen MR) is 157 cm³/mol. The number of ether oxygens (including phenoxy) is 2. The second-order valence-electron chi connectivity index (χ2n) is 10.7. The average Bonchev–Trinajstić information content (AvgIpc) is 3.22. The number of alkyl carbamates (subject to hydrolysis) is 1. The number of benzene rings is 1. The quantitative estimate of drug-likeness (QED) is 0.230. The van der Waals surface area contributed by atoms with Gasteiger partial charge in [0.15, 0.2) is 0 Å². The van der Waals surface area contributed by atoms with Gasteiger partial charge in [-0.15, -0.1) is 0 Å². The summed E-state index contributed by atoms with van der Waals surface area (Å²) in [5, 5.41) is 25.1. The van der Waals surface area contributed by atoms with Crippen molar-refractivity contribution in [1.82, 2.24) is 20.2 Å². The maximum absolute atomic E-state index is 13.5. The molecule has 12 heteroatoms. The Morgan fingerprint density at radius 3 is 2.34 bits per heavy atom. The summed E-state index contributed by atoms with van der Waals surface area (Å²) in [6, 6.07) is 1.46. The van der Waals surface area contributed by atoms with Crippen molar-refractivity contribution < 1.29 is 45.0 Å². The Labute approximate surface area is 253 Å². The molecule has 0 spiro atoms. The Hall–Kier alpha value is -3.38. The molecule has 2 rings (SSSR count). The molecular formula is C29H47N5O7. The topological polar surface area (TPSA) is 155 Å². The van der Waals surface area contributed by atoms with Gasteiger partial charge >= 0.3 is 12.1 Å². The Morgan fingerprint density at radius 1 is 1.12 bits per heavy atom. The minimum absolute atomic E-state index is 0.0189. The summed E-state index contributed by atoms with van der Waals surface area (Å²) >= 11 is 0. The van der Waals surface area contributed by atoms with E-state index in [0.29, 0.717) is 11.3 Å². The van der Waals surface area contributed by atoms with E-state index in [-0.39, 0.29) is 42.2 Å². The molecule has 1 aromatic carbocycles. The van der Waals surface area contributed by atoms with Crippen molar-refractivity contribution in [3.8, 4) is 0 Å². The molecular weight excluding hydrogens is 530 g/mol. The molecule has 0 unspecified atom stereocenters. The highest BCUT2D eigenvalue weighted by molar-refractivity contribution is 5.89. The molecule has 4 N–H and O–H groups in total. The first-order valence-electron chi connectivity index (χ1n) is 17.3. The smallest absolute Gasteiger partial charge is 0.408 e. The lowest BCUT2D eigenvalue weighted by Gasteiger charge is -2.25. The number of aromatic nitrogens is 2. The van der Waals surface area contributed by atoms with Crippen LogP contribution in [-0.4, -0.2) is 88.1 Å². The molecule has 41 heavy (non-hydrogen) atoms. The maximum atomic E-state index is 13.5. The average molecular weight is 586 g/mol. The van der Waals surface area contributed by atoms with E-state index in [0.717, 1.165) is 12.1 Å². The van der Waals surface area contributed by atoms with Crippen LogP contribution < -0.4 is 15.5 Å². The standard InChI is InChI=1S/C29H47N5O7/c1-8-40-27(38)23(17-19(2)3)31-26(37)21(32-28(39)41-29(4,5)6)10-12-25-30-22-18-20(9-11-24(22)33(25)7)34(13-15-35)14-16-36/h9,11,18-19,21,23,35-36H,8,10,12-17H2,1-7H3,(H,31,37)(H,32,39)/t21-,23-/m0/s1/i13D2,14D2,15D2,16D2. The fraction of sp³-hybridized carbons (Fsp3) is 0.655. The molecule has 0 saturated carbocycles. The summed E-state index contributed by atoms with van der Waals surface area (Å²) in [4.78, 5) is 43.3. The second-order valence-corrected chi connectivity index (χ2v) is 10.7. The first kappa shape index (κ1) is 23.2. The lowest BCUT2D eigenvalue weighted by atomic mass is 10.0. The lowest BCUT2D eigenvalue weighted by Crippen LogP contribution is -2.53. The van der Waals surface area contributed by atoms with Crippen LogP contribution in [0.2, 0.25) is 0 Å². The number of nitrogens with zero attached hydrogens (tertiary/aromatic N) is 3. The summed E-state index contributed by atoms with van der Waals surface area (Å²) in [7, 11) is 1.62. The zero-order valence-corrected chi connectivity index (χ0v) is 24.6. The summed E-state index contributed by atoms with van der Waals surface area (Å²) in [5.41, 5.74) is -0.805. The fourth-order valence-electron chi connectivity index (χ4n) is 4.05. The van der Waals surface area contributed by atoms with Gasteiger partial charge in [0.25, 0.3) is 0 Å². The van der Waals surface area contributed by atoms with Crippen LogP contribution in [0.25, 0.3) is 11.0 Å². The highest BCUT2D eigenvalue weighted by Crippen LogP contribution is 2.23. The molecule has 230 valence electrons. The molecule has 0 bridgehead atoms. The van der Waals surface area contributed by atoms with E-state index in [4.69, 9.17) is 20.4 Å². The zero-order valence-electron chi connectivity index (χ0n) is 32.6. The molecule has 0 aliphatic rings. The minimum atomic E-state index is -3.71. The third-order valence-electron chi connectivity index (χ3n) is 5.80. The van der Waals surface area contributed by atoms with Gasteiger partial charge in [-0.25, -0.2) is 14.6 Å². The van der Waals surface area contributed by atoms with E-state index >= 15 is 0 Å². The van der Waals surface area contributed by atoms with Crippen molar-refractivity contribution >= 4 is 34.7 Å². The maximum Gasteiger partial charge on any atom is 0.408 e. The van der Waals surface area contributed by atoms with Gasteiger partial charge in [-0.3, -0.25) is 4.79 Å². The molecule has 0 aliphatic heterocycles. The van der Waals surface area contributed by atoms with Crippen LogP contribution in [0.3, 0.4) is 0 Å². The minimum Gasteiger partial charge on any atom is -0.464 e. The first-order chi connectivity index (χ1) is 22.1. The largest absolute Gasteiger partial charge is 0.464 e. The number of hydrogen-bond donors (Lipinski definition) is 4. The molecule has 1 heterocycles. The van der Waals surface area contributed by atoms with Gasteiger partial charge in [-0.05, 0) is 64.7 Å². The molecule has 1 aromatic heterocycles. The highest BCUT2D eigenvalue weighted by atomic mass is 16.6. The van der Waals surface area contributed by atoms with Crippen molar-refractivity contribution in [3.63, 3.8) is 0 Å². The van der Waals surface area contributed by atoms with Crippen molar-refractivity contribution in [2.24, 2.45) is 13.0 Å². The van der Waals surface area contributed by atoms with Gasteiger partial charge in [-0.1, -0.05) is 13.8 Å². The SMILES string of the molecule is [2H]C([2H])(O)C([2H])([2H])N(c1ccc2c(c1)nc(CC[C@H](NC(=O)OC(C)(C)C)C(=O)N[C@@H](CC(C)C)C(=O)OCC)n2C)C([2H])([2H])C([2H])([2H])O. The number of imidazole rings is 1. The number of aliphatic hydroxyl groups is 2. The molecule has 0 aliphatic carbocycles. The lowest BCUT2D eigenvalue weighted by molar-refractivity contribution is -0.148. The predicted octanol–water partition coefficient (Wildman–Crippen LogP) is 2.28. The van der Waals surface area contributed by atoms with Crippen LogP contribution >= 0.6 is 0 Å². The van der Waals surface area contributed by atoms with Crippen molar-refractivity contribution in [2.75, 3.05) is 37.6 Å². The van der Waals surface area contributed by atoms with Crippen molar-refractivity contribution in [2.45, 2.75) is 78.5 Å². The third kappa shape index (κ3) is 10.5. The Morgan fingerprint density at radius 2 is 1.78 bits per heavy atom. The van der Waals surface area contributed by atoms with Crippen LogP contribution in [0.4, 0.5) is 10.5 Å². The molecule has 12 nitrogen and oxygen atoms in total. The number of rotatable bonds is 15. The number of carbonyl (C=O) groups excluding carboxylic acids is 3. The number of carbonyl (C=O) groups is 3. The van der Waals surface area contributed by atoms with E-state index in [1.165, 1.54) is 6.07 Å². The molecule has 2 aromatic rings. The van der Waals surface area contributed by atoms with Crippen molar-refractivity contribution in [3.05, 3.63) is 24.0 Å². The van der Waals surface area contributed by atoms with Crippen LogP contribution in [-0.2, 0) is 32.5 Å². The van der Waals surface area contributed by atoms with E-state index in [1.54, 1.807) is 39.3 Å². The number of hydrogen-bond acceptors (Lipinski definition) is 9. The fourth-order valence-corrected chi connectivity index (χ4v) is 4.05. The van der Waals surface area contributed by atoms with Gasteiger partial charge in [0.05, 0.1) is 41.7 Å². The van der Waals surface area contributed by atoms with Crippen LogP contribution in [0.1, 0.15) is 71.2 Å². The molecule has 0 radical (unpaired) electrons. The molecule has 0 fully saturated rings. The second kappa shape index (κ2) is 15.6. The molecule has 0 saturated heterocycles. The number of esters is 1. The van der Waals surface area contributed by atoms with Gasteiger partial charge in [-0.2, -0.15) is 0 Å². The third-order valence-corrected chi connectivity index (χ3v) is 5.80. The summed E-state index contributed by atoms with van der Waals surface area (Å²) < 4.78 is 75.0. The van der Waals surface area contributed by atoms with Gasteiger partial charge < -0.3 is 39.8 Å². The van der Waals surface area contributed by atoms with Crippen LogP contribution in [0.5, 0.6) is 0 Å². The van der Waals surface area contributed by atoms with E-state index in [1.807, 2.05) is 13.8 Å². The highest BCUT2D eigenvalue weighted by Gasteiger charge is 2.30. The van der Waals surface area contributed by atoms with Crippen molar-refractivity contribution in [1.29, 1.82) is 0 Å². The first-order valence-corrected chi connectivity index (χ1v) is 13.3. The normalized spacial score (nSPS) is 17.4. The van der Waals surface area contributed by atoms with E-state index < -0.39 is 67.5 Å². The molecule has 2 amide bonds. The number of anilines is 1. The number of aryl methyl sites for hydroxylation is 2. The monoisotopic (exact) mass is 585 g/mol. The van der Waals surface area contributed by atoms with E-state index in [9.17, 15) is 24.6 Å². The Bertz CT molecular complexity index is 1460.